The summed E-state index contributed by atoms with van der Waals surface area (Å²) in [5, 5.41) is 0. The summed E-state index contributed by atoms with van der Waals surface area (Å²) in [6.07, 6.45) is 2.87. The monoisotopic (exact) mass is 422 g/mol. The van der Waals surface area contributed by atoms with E-state index in [2.05, 4.69) is 27.7 Å². The molecule has 0 N–H and O–H groups in total. The lowest BCUT2D eigenvalue weighted by Gasteiger charge is -2.23. The van der Waals surface area contributed by atoms with Gasteiger partial charge in [0.15, 0.2) is 5.78 Å². The van der Waals surface area contributed by atoms with E-state index >= 15 is 0 Å². The van der Waals surface area contributed by atoms with E-state index in [1.165, 1.54) is 5.56 Å². The number of hydrogen-bond donors (Lipinski definition) is 0. The first-order valence-electron chi connectivity index (χ1n) is 11.4. The molecule has 1 aliphatic carbocycles. The zero-order valence-electron chi connectivity index (χ0n) is 19.4. The van der Waals surface area contributed by atoms with Crippen molar-refractivity contribution in [3.05, 3.63) is 69.8 Å². The lowest BCUT2D eigenvalue weighted by Crippen LogP contribution is -2.21. The summed E-state index contributed by atoms with van der Waals surface area (Å²) in [5.41, 5.74) is 5.70. The van der Waals surface area contributed by atoms with Crippen molar-refractivity contribution >= 4 is 11.9 Å². The Labute approximate surface area is 186 Å². The van der Waals surface area contributed by atoms with Gasteiger partial charge in [-0.15, -0.1) is 0 Å². The maximum absolute atomic E-state index is 13.3. The van der Waals surface area contributed by atoms with E-state index in [1.54, 1.807) is 0 Å². The number of unbranched alkanes of at least 4 members (excludes halogenated alkanes) is 1. The van der Waals surface area contributed by atoms with Crippen LogP contribution in [-0.2, 0) is 9.47 Å². The van der Waals surface area contributed by atoms with Crippen molar-refractivity contribution in [2.45, 2.75) is 72.3 Å². The predicted molar refractivity (Wildman–Crippen MR) is 123 cm³/mol. The molecule has 1 aliphatic rings. The SMILES string of the molecule is CCCCC(CC)COC(=O)OC1c2ccccc2C(=O)C1c1ccc(C)c(C)c1C. The Bertz CT molecular complexity index is 946. The van der Waals surface area contributed by atoms with Gasteiger partial charge >= 0.3 is 6.16 Å². The van der Waals surface area contributed by atoms with Crippen LogP contribution in [0.1, 0.15) is 89.7 Å². The van der Waals surface area contributed by atoms with Crippen molar-refractivity contribution < 1.29 is 19.1 Å². The van der Waals surface area contributed by atoms with Crippen LogP contribution in [-0.4, -0.2) is 18.5 Å². The molecular formula is C27H34O4. The first kappa shape index (κ1) is 23.1. The number of fused-ring (bicyclic) bond motifs is 1. The average molecular weight is 423 g/mol. The van der Waals surface area contributed by atoms with Crippen molar-refractivity contribution in [2.75, 3.05) is 6.61 Å². The molecule has 0 fully saturated rings. The molecule has 4 heteroatoms. The van der Waals surface area contributed by atoms with Gasteiger partial charge in [0.1, 0.15) is 6.10 Å². The Balaban J connectivity index is 1.84. The van der Waals surface area contributed by atoms with E-state index in [9.17, 15) is 9.59 Å². The van der Waals surface area contributed by atoms with Crippen LogP contribution in [0.25, 0.3) is 0 Å². The molecule has 0 saturated carbocycles. The lowest BCUT2D eigenvalue weighted by atomic mass is 9.86. The minimum Gasteiger partial charge on any atom is -0.434 e. The highest BCUT2D eigenvalue weighted by molar-refractivity contribution is 6.06. The Kier molecular flexibility index (Phi) is 7.53. The van der Waals surface area contributed by atoms with E-state index in [-0.39, 0.29) is 5.78 Å². The van der Waals surface area contributed by atoms with Crippen LogP contribution in [0.3, 0.4) is 0 Å². The lowest BCUT2D eigenvalue weighted by molar-refractivity contribution is 0.00923. The highest BCUT2D eigenvalue weighted by Gasteiger charge is 2.44. The largest absolute Gasteiger partial charge is 0.508 e. The maximum Gasteiger partial charge on any atom is 0.508 e. The molecular weight excluding hydrogens is 388 g/mol. The smallest absolute Gasteiger partial charge is 0.434 e. The van der Waals surface area contributed by atoms with Crippen LogP contribution in [0, 0.1) is 26.7 Å². The molecule has 166 valence electrons. The summed E-state index contributed by atoms with van der Waals surface area (Å²) < 4.78 is 11.3. The molecule has 0 bridgehead atoms. The normalized spacial score (nSPS) is 18.5. The maximum atomic E-state index is 13.3. The fourth-order valence-electron chi connectivity index (χ4n) is 4.43. The number of aryl methyl sites for hydroxylation is 1. The first-order valence-corrected chi connectivity index (χ1v) is 11.4. The third kappa shape index (κ3) is 4.84. The summed E-state index contributed by atoms with van der Waals surface area (Å²) in [6.45, 7) is 10.8. The molecule has 3 atom stereocenters. The van der Waals surface area contributed by atoms with E-state index < -0.39 is 18.2 Å². The molecule has 0 aromatic heterocycles. The van der Waals surface area contributed by atoms with Gasteiger partial charge in [0.05, 0.1) is 12.5 Å². The van der Waals surface area contributed by atoms with Crippen molar-refractivity contribution in [1.82, 2.24) is 0 Å². The average Bonchev–Trinajstić information content (AvgIpc) is 3.04. The second-order valence-corrected chi connectivity index (χ2v) is 8.67. The molecule has 0 saturated heterocycles. The third-order valence-electron chi connectivity index (χ3n) is 6.76. The van der Waals surface area contributed by atoms with Crippen molar-refractivity contribution in [3.63, 3.8) is 0 Å². The molecule has 0 heterocycles. The van der Waals surface area contributed by atoms with E-state index in [4.69, 9.17) is 9.47 Å². The van der Waals surface area contributed by atoms with Crippen molar-refractivity contribution in [2.24, 2.45) is 5.92 Å². The van der Waals surface area contributed by atoms with Crippen LogP contribution in [0.4, 0.5) is 4.79 Å². The number of rotatable bonds is 8. The molecule has 0 radical (unpaired) electrons. The Morgan fingerprint density at radius 1 is 1.00 bits per heavy atom. The number of ketones is 1. The van der Waals surface area contributed by atoms with Gasteiger partial charge in [-0.1, -0.05) is 69.5 Å². The van der Waals surface area contributed by atoms with Crippen LogP contribution in [0.15, 0.2) is 36.4 Å². The van der Waals surface area contributed by atoms with Crippen molar-refractivity contribution in [3.8, 4) is 0 Å². The summed E-state index contributed by atoms with van der Waals surface area (Å²) >= 11 is 0. The van der Waals surface area contributed by atoms with Crippen LogP contribution < -0.4 is 0 Å². The summed E-state index contributed by atoms with van der Waals surface area (Å²) in [4.78, 5) is 26.0. The quantitative estimate of drug-likeness (QED) is 0.430. The topological polar surface area (TPSA) is 52.6 Å². The first-order chi connectivity index (χ1) is 14.9. The zero-order valence-corrected chi connectivity index (χ0v) is 19.4. The van der Waals surface area contributed by atoms with E-state index in [0.717, 1.165) is 47.9 Å². The summed E-state index contributed by atoms with van der Waals surface area (Å²) in [5.74, 6) is -0.219. The second kappa shape index (κ2) is 10.1. The molecule has 2 aromatic rings. The van der Waals surface area contributed by atoms with Crippen LogP contribution in [0.5, 0.6) is 0 Å². The molecule has 3 unspecified atom stereocenters. The minimum absolute atomic E-state index is 0.00543. The Morgan fingerprint density at radius 2 is 1.74 bits per heavy atom. The summed E-state index contributed by atoms with van der Waals surface area (Å²) in [7, 11) is 0. The fourth-order valence-corrected chi connectivity index (χ4v) is 4.43. The molecule has 4 nitrogen and oxygen atoms in total. The van der Waals surface area contributed by atoms with Gasteiger partial charge < -0.3 is 9.47 Å². The molecule has 0 spiro atoms. The van der Waals surface area contributed by atoms with Gasteiger partial charge in [-0.05, 0) is 55.4 Å². The molecule has 3 rings (SSSR count). The Morgan fingerprint density at radius 3 is 2.45 bits per heavy atom. The molecule has 2 aromatic carbocycles. The number of carbonyl (C=O) groups is 2. The van der Waals surface area contributed by atoms with Gasteiger partial charge in [0, 0.05) is 11.1 Å². The van der Waals surface area contributed by atoms with Gasteiger partial charge in [-0.3, -0.25) is 4.79 Å². The molecule has 31 heavy (non-hydrogen) atoms. The van der Waals surface area contributed by atoms with Gasteiger partial charge in [-0.2, -0.15) is 0 Å². The van der Waals surface area contributed by atoms with Crippen molar-refractivity contribution in [1.29, 1.82) is 0 Å². The number of Topliss-reactive ketones (excluding diaryl/α,β-unsaturated/α-hetero) is 1. The van der Waals surface area contributed by atoms with Gasteiger partial charge in [0.2, 0.25) is 0 Å². The number of hydrogen-bond acceptors (Lipinski definition) is 4. The standard InChI is InChI=1S/C27H34O4/c1-6-8-11-20(7-2)16-30-27(29)31-26-23-13-10-9-12-22(23)25(28)24(26)21-15-14-17(3)18(4)19(21)5/h9-10,12-15,20,24,26H,6-8,11,16H2,1-5H3. The number of benzene rings is 2. The molecule has 0 aliphatic heterocycles. The van der Waals surface area contributed by atoms with Gasteiger partial charge in [-0.25, -0.2) is 4.79 Å². The van der Waals surface area contributed by atoms with Crippen LogP contribution >= 0.6 is 0 Å². The van der Waals surface area contributed by atoms with Gasteiger partial charge in [0.25, 0.3) is 0 Å². The fraction of sp³-hybridized carbons (Fsp3) is 0.481. The number of ether oxygens (including phenoxy) is 2. The highest BCUT2D eigenvalue weighted by atomic mass is 16.7. The minimum atomic E-state index is -0.698. The summed E-state index contributed by atoms with van der Waals surface area (Å²) in [6, 6.07) is 11.4. The zero-order chi connectivity index (χ0) is 22.5. The second-order valence-electron chi connectivity index (χ2n) is 8.67. The third-order valence-corrected chi connectivity index (χ3v) is 6.76. The van der Waals surface area contributed by atoms with Crippen LogP contribution in [0.2, 0.25) is 0 Å². The highest BCUT2D eigenvalue weighted by Crippen LogP contribution is 2.46. The Hall–Kier alpha value is -2.62. The predicted octanol–water partition coefficient (Wildman–Crippen LogP) is 7.00. The molecule has 0 amide bonds. The van der Waals surface area contributed by atoms with E-state index in [1.807, 2.05) is 43.3 Å². The number of carbonyl (C=O) groups excluding carboxylic acids is 2. The van der Waals surface area contributed by atoms with E-state index in [0.29, 0.717) is 18.1 Å².